The predicted octanol–water partition coefficient (Wildman–Crippen LogP) is 2.89. The Kier molecular flexibility index (Phi) is 1.36. The summed E-state index contributed by atoms with van der Waals surface area (Å²) in [7, 11) is 0. The first-order valence-corrected chi connectivity index (χ1v) is 5.34. The van der Waals surface area contributed by atoms with Crippen LogP contribution in [0, 0.1) is 6.85 Å². The lowest BCUT2D eigenvalue weighted by molar-refractivity contribution is 0.456. The Hall–Kier alpha value is -1.62. The van der Waals surface area contributed by atoms with Crippen LogP contribution in [0.1, 0.15) is 9.94 Å². The number of H-pyrrole nitrogens is 1. The summed E-state index contributed by atoms with van der Waals surface area (Å²) in [5.41, 5.74) is 1.49. The molecule has 1 aromatic carbocycles. The van der Waals surface area contributed by atoms with E-state index in [0.29, 0.717) is 11.0 Å². The van der Waals surface area contributed by atoms with E-state index in [0.717, 1.165) is 15.4 Å². The maximum atomic E-state index is 9.84. The molecule has 0 unspecified atom stereocenters. The van der Waals surface area contributed by atoms with Gasteiger partial charge >= 0.3 is 0 Å². The third-order valence-corrected chi connectivity index (χ3v) is 2.88. The molecule has 0 atom stereocenters. The van der Waals surface area contributed by atoms with Crippen molar-refractivity contribution in [2.24, 2.45) is 0 Å². The van der Waals surface area contributed by atoms with Gasteiger partial charge in [0.05, 0.1) is 0 Å². The molecule has 0 amide bonds. The Balaban J connectivity index is 2.44. The molecule has 2 aromatic heterocycles. The number of aromatic amines is 1. The Morgan fingerprint density at radius 1 is 1.44 bits per heavy atom. The summed E-state index contributed by atoms with van der Waals surface area (Å²) in [5, 5.41) is 10.6. The number of benzene rings is 1. The molecule has 2 heterocycles. The summed E-state index contributed by atoms with van der Waals surface area (Å²) >= 11 is 3.35. The van der Waals surface area contributed by atoms with Gasteiger partial charge in [-0.25, -0.2) is 4.98 Å². The minimum Gasteiger partial charge on any atom is -0.492 e. The van der Waals surface area contributed by atoms with Gasteiger partial charge in [0, 0.05) is 19.5 Å². The number of hydrogen-bond acceptors (Lipinski definition) is 3. The highest BCUT2D eigenvalue weighted by molar-refractivity contribution is 9.10. The zero-order valence-corrected chi connectivity index (χ0v) is 9.54. The Labute approximate surface area is 104 Å². The topological polar surface area (TPSA) is 61.8 Å². The second kappa shape index (κ2) is 3.18. The van der Waals surface area contributed by atoms with Crippen molar-refractivity contribution >= 4 is 37.9 Å². The van der Waals surface area contributed by atoms with Crippen LogP contribution in [-0.2, 0) is 0 Å². The van der Waals surface area contributed by atoms with Crippen LogP contribution in [0.2, 0.25) is 0 Å². The highest BCUT2D eigenvalue weighted by Crippen LogP contribution is 2.30. The number of aromatic hydroxyl groups is 1. The Bertz CT molecular complexity index is 797. The maximum Gasteiger partial charge on any atom is 0.239 e. The number of fused-ring (bicyclic) bond motifs is 3. The molecule has 0 spiro atoms. The third kappa shape index (κ3) is 1.28. The number of nitrogens with zero attached hydrogens (tertiary/aromatic N) is 2. The number of rotatable bonds is 0. The highest BCUT2D eigenvalue weighted by Gasteiger charge is 2.11. The number of aromatic nitrogens is 3. The zero-order valence-electron chi connectivity index (χ0n) is 11.0. The lowest BCUT2D eigenvalue weighted by atomic mass is 10.2. The fraction of sp³-hybridized carbons (Fsp3) is 0.0909. The molecule has 3 aromatic rings. The summed E-state index contributed by atoms with van der Waals surface area (Å²) < 4.78 is 22.8. The first-order valence-electron chi connectivity index (χ1n) is 6.05. The zero-order chi connectivity index (χ0) is 13.8. The highest BCUT2D eigenvalue weighted by atomic mass is 79.9. The molecule has 2 N–H and O–H groups in total. The van der Waals surface area contributed by atoms with Gasteiger partial charge in [-0.15, -0.1) is 0 Å². The summed E-state index contributed by atoms with van der Waals surface area (Å²) in [6.45, 7) is -2.46. The van der Waals surface area contributed by atoms with Crippen LogP contribution >= 0.6 is 15.9 Å². The van der Waals surface area contributed by atoms with Gasteiger partial charge in [0.25, 0.3) is 0 Å². The molecule has 0 saturated heterocycles. The maximum absolute atomic E-state index is 9.84. The lowest BCUT2D eigenvalue weighted by Crippen LogP contribution is -1.87. The van der Waals surface area contributed by atoms with Crippen molar-refractivity contribution in [2.75, 3.05) is 0 Å². The smallest absolute Gasteiger partial charge is 0.239 e. The predicted molar refractivity (Wildman–Crippen MR) is 65.5 cm³/mol. The van der Waals surface area contributed by atoms with Gasteiger partial charge < -0.3 is 10.1 Å². The molecule has 0 aliphatic carbocycles. The minimum atomic E-state index is -2.46. The average Bonchev–Trinajstić information content (AvgIpc) is 2.67. The molecular weight excluding hydrogens is 270 g/mol. The molecule has 0 fully saturated rings. The normalized spacial score (nSPS) is 14.9. The first kappa shape index (κ1) is 6.85. The van der Waals surface area contributed by atoms with Gasteiger partial charge in [0.2, 0.25) is 5.88 Å². The van der Waals surface area contributed by atoms with Crippen molar-refractivity contribution in [3.8, 4) is 5.88 Å². The molecule has 0 bridgehead atoms. The number of hydrogen-bond donors (Lipinski definition) is 2. The van der Waals surface area contributed by atoms with Crippen LogP contribution in [0.25, 0.3) is 21.9 Å². The van der Waals surface area contributed by atoms with Gasteiger partial charge in [-0.05, 0) is 25.1 Å². The van der Waals surface area contributed by atoms with Crippen LogP contribution < -0.4 is 0 Å². The lowest BCUT2D eigenvalue weighted by Gasteiger charge is -1.95. The Morgan fingerprint density at radius 2 is 2.31 bits per heavy atom. The fourth-order valence-electron chi connectivity index (χ4n) is 1.71. The standard InChI is InChI=1S/C11H8BrN3O/c1-5-13-9-7-4-6(12)2-3-8(7)15-10(9)11(16)14-5/h2-4,15H,1H3,(H,13,14,16)/i1D3. The fourth-order valence-corrected chi connectivity index (χ4v) is 2.08. The average molecular weight is 281 g/mol. The van der Waals surface area contributed by atoms with E-state index >= 15 is 0 Å². The van der Waals surface area contributed by atoms with Crippen molar-refractivity contribution in [2.45, 2.75) is 6.85 Å². The molecule has 5 heteroatoms. The van der Waals surface area contributed by atoms with E-state index in [1.54, 1.807) is 0 Å². The largest absolute Gasteiger partial charge is 0.492 e. The minimum absolute atomic E-state index is 0.334. The Morgan fingerprint density at radius 3 is 3.12 bits per heavy atom. The molecule has 0 aliphatic rings. The summed E-state index contributed by atoms with van der Waals surface area (Å²) in [6.07, 6.45) is 0. The van der Waals surface area contributed by atoms with Gasteiger partial charge in [0.1, 0.15) is 16.9 Å². The van der Waals surface area contributed by atoms with Gasteiger partial charge in [0.15, 0.2) is 0 Å². The van der Waals surface area contributed by atoms with E-state index in [1.807, 2.05) is 18.2 Å². The van der Waals surface area contributed by atoms with E-state index < -0.39 is 6.85 Å². The summed E-state index contributed by atoms with van der Waals surface area (Å²) in [4.78, 5) is 10.7. The molecule has 0 saturated carbocycles. The van der Waals surface area contributed by atoms with Crippen molar-refractivity contribution in [1.82, 2.24) is 15.0 Å². The second-order valence-electron chi connectivity index (χ2n) is 3.41. The van der Waals surface area contributed by atoms with E-state index in [4.69, 9.17) is 4.11 Å². The van der Waals surface area contributed by atoms with Gasteiger partial charge in [-0.2, -0.15) is 4.98 Å². The molecular formula is C11H8BrN3O. The van der Waals surface area contributed by atoms with E-state index in [-0.39, 0.29) is 11.7 Å². The second-order valence-corrected chi connectivity index (χ2v) is 4.33. The molecule has 0 radical (unpaired) electrons. The van der Waals surface area contributed by atoms with Crippen molar-refractivity contribution in [1.29, 1.82) is 0 Å². The van der Waals surface area contributed by atoms with Gasteiger partial charge in [-0.3, -0.25) is 0 Å². The molecule has 4 nitrogen and oxygen atoms in total. The first-order chi connectivity index (χ1) is 8.86. The van der Waals surface area contributed by atoms with Crippen molar-refractivity contribution in [3.63, 3.8) is 0 Å². The molecule has 0 aliphatic heterocycles. The van der Waals surface area contributed by atoms with E-state index in [9.17, 15) is 5.11 Å². The molecule has 3 rings (SSSR count). The van der Waals surface area contributed by atoms with E-state index in [2.05, 4.69) is 30.9 Å². The third-order valence-electron chi connectivity index (χ3n) is 2.39. The monoisotopic (exact) mass is 280 g/mol. The van der Waals surface area contributed by atoms with E-state index in [1.165, 1.54) is 0 Å². The quantitative estimate of drug-likeness (QED) is 0.666. The molecule has 80 valence electrons. The van der Waals surface area contributed by atoms with Crippen LogP contribution in [0.15, 0.2) is 22.7 Å². The van der Waals surface area contributed by atoms with Gasteiger partial charge in [-0.1, -0.05) is 15.9 Å². The number of halogens is 1. The van der Waals surface area contributed by atoms with Crippen molar-refractivity contribution in [3.05, 3.63) is 28.5 Å². The number of nitrogens with one attached hydrogen (secondary N) is 1. The SMILES string of the molecule is [2H]C([2H])([2H])c1nc(O)c2[nH]c3ccc(Br)cc3c2n1. The summed E-state index contributed by atoms with van der Waals surface area (Å²) in [5.74, 6) is -0.721. The van der Waals surface area contributed by atoms with Crippen LogP contribution in [0.3, 0.4) is 0 Å². The van der Waals surface area contributed by atoms with Crippen LogP contribution in [0.5, 0.6) is 5.88 Å². The van der Waals surface area contributed by atoms with Crippen LogP contribution in [-0.4, -0.2) is 20.1 Å². The number of aryl methyl sites for hydroxylation is 1. The van der Waals surface area contributed by atoms with Crippen LogP contribution in [0.4, 0.5) is 0 Å². The summed E-state index contributed by atoms with van der Waals surface area (Å²) in [6, 6.07) is 5.46. The van der Waals surface area contributed by atoms with Crippen molar-refractivity contribution < 1.29 is 9.22 Å². The molecule has 16 heavy (non-hydrogen) atoms.